The predicted octanol–water partition coefficient (Wildman–Crippen LogP) is -1.40. The summed E-state index contributed by atoms with van der Waals surface area (Å²) in [5, 5.41) is 37.8. The summed E-state index contributed by atoms with van der Waals surface area (Å²) in [6.07, 6.45) is -4.83. The van der Waals surface area contributed by atoms with E-state index >= 15 is 0 Å². The number of furan rings is 1. The van der Waals surface area contributed by atoms with Crippen molar-refractivity contribution in [2.75, 3.05) is 6.61 Å². The summed E-state index contributed by atoms with van der Waals surface area (Å²) >= 11 is 0. The van der Waals surface area contributed by atoms with Crippen LogP contribution in [0.1, 0.15) is 5.76 Å². The van der Waals surface area contributed by atoms with E-state index in [1.165, 1.54) is 6.26 Å². The number of rotatable bonds is 4. The maximum atomic E-state index is 9.68. The molecule has 0 spiro atoms. The molecule has 7 nitrogen and oxygen atoms in total. The maximum Gasteiger partial charge on any atom is 0.187 e. The second-order valence-electron chi connectivity index (χ2n) is 4.09. The molecule has 1 aliphatic heterocycles. The maximum absolute atomic E-state index is 9.68. The molecule has 1 aromatic heterocycles. The molecular formula is C11H16O7. The lowest BCUT2D eigenvalue weighted by Crippen LogP contribution is -2.59. The molecule has 0 aromatic carbocycles. The van der Waals surface area contributed by atoms with E-state index in [0.717, 1.165) is 0 Å². The molecule has 5 atom stereocenters. The Balaban J connectivity index is 1.94. The van der Waals surface area contributed by atoms with Crippen molar-refractivity contribution in [1.82, 2.24) is 0 Å². The molecule has 1 saturated heterocycles. The fourth-order valence-corrected chi connectivity index (χ4v) is 1.76. The monoisotopic (exact) mass is 260 g/mol. The van der Waals surface area contributed by atoms with Crippen molar-refractivity contribution in [1.29, 1.82) is 0 Å². The van der Waals surface area contributed by atoms with Gasteiger partial charge in [0.1, 0.15) is 36.8 Å². The van der Waals surface area contributed by atoms with Gasteiger partial charge in [0.25, 0.3) is 0 Å². The number of hydrogen-bond acceptors (Lipinski definition) is 7. The Labute approximate surface area is 103 Å². The number of aliphatic hydroxyl groups excluding tert-OH is 4. The normalized spacial score (nSPS) is 36.8. The zero-order valence-corrected chi connectivity index (χ0v) is 9.55. The minimum Gasteiger partial charge on any atom is -0.467 e. The molecule has 102 valence electrons. The summed E-state index contributed by atoms with van der Waals surface area (Å²) < 4.78 is 15.4. The first-order chi connectivity index (χ1) is 8.63. The fraction of sp³-hybridized carbons (Fsp3) is 0.636. The van der Waals surface area contributed by atoms with E-state index in [1.807, 2.05) is 0 Å². The van der Waals surface area contributed by atoms with Crippen molar-refractivity contribution >= 4 is 0 Å². The second-order valence-corrected chi connectivity index (χ2v) is 4.09. The van der Waals surface area contributed by atoms with Crippen molar-refractivity contribution in [3.05, 3.63) is 24.2 Å². The quantitative estimate of drug-likeness (QED) is 0.526. The van der Waals surface area contributed by atoms with Crippen LogP contribution in [0, 0.1) is 0 Å². The number of aliphatic hydroxyl groups is 4. The van der Waals surface area contributed by atoms with Crippen LogP contribution in [0.15, 0.2) is 22.8 Å². The average Bonchev–Trinajstić information content (AvgIpc) is 2.88. The van der Waals surface area contributed by atoms with Crippen molar-refractivity contribution in [2.45, 2.75) is 37.3 Å². The molecule has 0 radical (unpaired) electrons. The third-order valence-electron chi connectivity index (χ3n) is 2.82. The highest BCUT2D eigenvalue weighted by Crippen LogP contribution is 2.22. The number of ether oxygens (including phenoxy) is 2. The highest BCUT2D eigenvalue weighted by molar-refractivity contribution is 4.96. The topological polar surface area (TPSA) is 113 Å². The Hall–Kier alpha value is -0.960. The van der Waals surface area contributed by atoms with Crippen LogP contribution in [0.2, 0.25) is 0 Å². The first kappa shape index (κ1) is 13.5. The van der Waals surface area contributed by atoms with Gasteiger partial charge in [-0.1, -0.05) is 0 Å². The summed E-state index contributed by atoms with van der Waals surface area (Å²) in [6, 6.07) is 3.37. The smallest absolute Gasteiger partial charge is 0.187 e. The van der Waals surface area contributed by atoms with Crippen molar-refractivity contribution < 1.29 is 34.3 Å². The van der Waals surface area contributed by atoms with Gasteiger partial charge < -0.3 is 34.3 Å². The zero-order valence-electron chi connectivity index (χ0n) is 9.55. The third-order valence-corrected chi connectivity index (χ3v) is 2.82. The van der Waals surface area contributed by atoms with Crippen LogP contribution in [-0.4, -0.2) is 57.7 Å². The SMILES string of the molecule is OC[C@H]1O[C@@H](OCc2ccco2)[C@H](O)[C@@H](O)[C@@H]1O. The zero-order chi connectivity index (χ0) is 13.1. The molecule has 2 rings (SSSR count). The lowest BCUT2D eigenvalue weighted by molar-refractivity contribution is -0.304. The Morgan fingerprint density at radius 2 is 1.94 bits per heavy atom. The third kappa shape index (κ3) is 2.72. The molecule has 0 saturated carbocycles. The molecule has 0 amide bonds. The van der Waals surface area contributed by atoms with Crippen LogP contribution >= 0.6 is 0 Å². The van der Waals surface area contributed by atoms with Crippen molar-refractivity contribution in [3.63, 3.8) is 0 Å². The van der Waals surface area contributed by atoms with Gasteiger partial charge in [0.15, 0.2) is 6.29 Å². The van der Waals surface area contributed by atoms with Gasteiger partial charge in [-0.2, -0.15) is 0 Å². The first-order valence-electron chi connectivity index (χ1n) is 5.58. The summed E-state index contributed by atoms with van der Waals surface area (Å²) in [4.78, 5) is 0. The van der Waals surface area contributed by atoms with Gasteiger partial charge in [0.05, 0.1) is 12.9 Å². The standard InChI is InChI=1S/C11H16O7/c12-4-7-8(13)9(14)10(15)11(18-7)17-5-6-2-1-3-16-6/h1-3,7-15H,4-5H2/t7-,8-,9+,10-,11-/m1/s1. The van der Waals surface area contributed by atoms with Gasteiger partial charge in [-0.05, 0) is 12.1 Å². The van der Waals surface area contributed by atoms with Gasteiger partial charge in [-0.3, -0.25) is 0 Å². The molecule has 0 aliphatic carbocycles. The molecule has 18 heavy (non-hydrogen) atoms. The Morgan fingerprint density at radius 1 is 1.17 bits per heavy atom. The van der Waals surface area contributed by atoms with Crippen LogP contribution in [0.5, 0.6) is 0 Å². The van der Waals surface area contributed by atoms with Crippen LogP contribution in [0.25, 0.3) is 0 Å². The molecule has 0 unspecified atom stereocenters. The highest BCUT2D eigenvalue weighted by atomic mass is 16.7. The second kappa shape index (κ2) is 5.79. The van der Waals surface area contributed by atoms with E-state index in [-0.39, 0.29) is 6.61 Å². The largest absolute Gasteiger partial charge is 0.467 e. The van der Waals surface area contributed by atoms with E-state index in [9.17, 15) is 15.3 Å². The summed E-state index contributed by atoms with van der Waals surface area (Å²) in [5.41, 5.74) is 0. The average molecular weight is 260 g/mol. The minimum atomic E-state index is -1.43. The van der Waals surface area contributed by atoms with Gasteiger partial charge >= 0.3 is 0 Å². The van der Waals surface area contributed by atoms with E-state index in [4.69, 9.17) is 19.0 Å². The van der Waals surface area contributed by atoms with Crippen LogP contribution < -0.4 is 0 Å². The summed E-state index contributed by atoms with van der Waals surface area (Å²) in [6.45, 7) is -0.429. The van der Waals surface area contributed by atoms with E-state index in [1.54, 1.807) is 12.1 Å². The van der Waals surface area contributed by atoms with Crippen molar-refractivity contribution in [3.8, 4) is 0 Å². The van der Waals surface area contributed by atoms with Crippen LogP contribution in [-0.2, 0) is 16.1 Å². The van der Waals surface area contributed by atoms with Crippen molar-refractivity contribution in [2.24, 2.45) is 0 Å². The summed E-state index contributed by atoms with van der Waals surface area (Å²) in [7, 11) is 0. The predicted molar refractivity (Wildman–Crippen MR) is 57.3 cm³/mol. The molecule has 4 N–H and O–H groups in total. The van der Waals surface area contributed by atoms with E-state index < -0.39 is 37.3 Å². The molecule has 1 aromatic rings. The van der Waals surface area contributed by atoms with Gasteiger partial charge in [-0.15, -0.1) is 0 Å². The highest BCUT2D eigenvalue weighted by Gasteiger charge is 2.44. The molecule has 7 heteroatoms. The molecule has 1 aliphatic rings. The molecular weight excluding hydrogens is 244 g/mol. The van der Waals surface area contributed by atoms with Crippen LogP contribution in [0.4, 0.5) is 0 Å². The Kier molecular flexibility index (Phi) is 4.33. The van der Waals surface area contributed by atoms with Gasteiger partial charge in [0, 0.05) is 0 Å². The molecule has 0 bridgehead atoms. The van der Waals surface area contributed by atoms with E-state index in [0.29, 0.717) is 5.76 Å². The fourth-order valence-electron chi connectivity index (χ4n) is 1.76. The lowest BCUT2D eigenvalue weighted by atomic mass is 9.99. The summed E-state index contributed by atoms with van der Waals surface area (Å²) in [5.74, 6) is 0.534. The first-order valence-corrected chi connectivity index (χ1v) is 5.58. The Morgan fingerprint density at radius 3 is 2.56 bits per heavy atom. The van der Waals surface area contributed by atoms with Gasteiger partial charge in [0.2, 0.25) is 0 Å². The number of hydrogen-bond donors (Lipinski definition) is 4. The lowest BCUT2D eigenvalue weighted by Gasteiger charge is -2.39. The van der Waals surface area contributed by atoms with Crippen LogP contribution in [0.3, 0.4) is 0 Å². The molecule has 1 fully saturated rings. The van der Waals surface area contributed by atoms with E-state index in [2.05, 4.69) is 0 Å². The minimum absolute atomic E-state index is 0.0513. The van der Waals surface area contributed by atoms with Gasteiger partial charge in [-0.25, -0.2) is 0 Å². The Bertz CT molecular complexity index is 350. The molecule has 2 heterocycles.